The van der Waals surface area contributed by atoms with Crippen LogP contribution in [0.4, 0.5) is 5.69 Å². The van der Waals surface area contributed by atoms with Crippen molar-refractivity contribution in [3.8, 4) is 11.3 Å². The Morgan fingerprint density at radius 2 is 1.60 bits per heavy atom. The van der Waals surface area contributed by atoms with Gasteiger partial charge in [-0.15, -0.1) is 0 Å². The molecule has 0 bridgehead atoms. The molecule has 1 N–H and O–H groups in total. The third-order valence-electron chi connectivity index (χ3n) is 3.69. The van der Waals surface area contributed by atoms with E-state index in [4.69, 9.17) is 4.52 Å². The Hall–Kier alpha value is -2.60. The van der Waals surface area contributed by atoms with Gasteiger partial charge in [0.1, 0.15) is 11.4 Å². The maximum atomic E-state index is 12.7. The van der Waals surface area contributed by atoms with Gasteiger partial charge in [0.15, 0.2) is 5.76 Å². The first-order valence-electron chi connectivity index (χ1n) is 8.09. The minimum Gasteiger partial charge on any atom is -0.354 e. The molecule has 0 unspecified atom stereocenters. The molecule has 0 atom stereocenters. The second kappa shape index (κ2) is 7.11. The highest BCUT2D eigenvalue weighted by atomic mass is 32.2. The lowest BCUT2D eigenvalue weighted by atomic mass is 10.1. The molecule has 3 rings (SSSR count). The molecule has 6 heteroatoms. The van der Waals surface area contributed by atoms with Crippen LogP contribution in [0.3, 0.4) is 0 Å². The van der Waals surface area contributed by atoms with Crippen molar-refractivity contribution in [2.45, 2.75) is 25.2 Å². The van der Waals surface area contributed by atoms with E-state index in [0.717, 1.165) is 5.56 Å². The zero-order chi connectivity index (χ0) is 17.9. The molecule has 25 heavy (non-hydrogen) atoms. The Labute approximate surface area is 147 Å². The normalized spacial score (nSPS) is 11.6. The van der Waals surface area contributed by atoms with Gasteiger partial charge in [-0.3, -0.25) is 4.72 Å². The summed E-state index contributed by atoms with van der Waals surface area (Å²) < 4.78 is 33.6. The lowest BCUT2D eigenvalue weighted by molar-refractivity contribution is 0.418. The molecular formula is C19H20N2O3S. The van der Waals surface area contributed by atoms with Gasteiger partial charge in [0.2, 0.25) is 0 Å². The van der Waals surface area contributed by atoms with E-state index in [1.54, 1.807) is 30.3 Å². The number of aromatic nitrogens is 1. The summed E-state index contributed by atoms with van der Waals surface area (Å²) in [6.07, 6.45) is 0.614. The van der Waals surface area contributed by atoms with E-state index >= 15 is 0 Å². The fourth-order valence-corrected chi connectivity index (χ4v) is 3.65. The van der Waals surface area contributed by atoms with Crippen molar-refractivity contribution < 1.29 is 12.9 Å². The van der Waals surface area contributed by atoms with Crippen LogP contribution >= 0.6 is 0 Å². The van der Waals surface area contributed by atoms with Crippen LogP contribution in [0.5, 0.6) is 0 Å². The molecule has 0 aliphatic heterocycles. The summed E-state index contributed by atoms with van der Waals surface area (Å²) in [5, 5.41) is 4.11. The predicted octanol–water partition coefficient (Wildman–Crippen LogP) is 4.34. The van der Waals surface area contributed by atoms with E-state index in [9.17, 15) is 8.42 Å². The Morgan fingerprint density at radius 3 is 2.20 bits per heavy atom. The number of rotatable bonds is 6. The van der Waals surface area contributed by atoms with E-state index in [1.165, 1.54) is 0 Å². The first-order valence-corrected chi connectivity index (χ1v) is 9.57. The number of hydrogen-bond acceptors (Lipinski definition) is 4. The van der Waals surface area contributed by atoms with Crippen LogP contribution in [0.1, 0.15) is 19.5 Å². The van der Waals surface area contributed by atoms with E-state index in [-0.39, 0.29) is 4.90 Å². The highest BCUT2D eigenvalue weighted by molar-refractivity contribution is 7.92. The SMILES string of the molecule is CC(C)Cc1noc(-c2ccccc2)c1NS(=O)(=O)c1ccccc1. The van der Waals surface area contributed by atoms with E-state index in [2.05, 4.69) is 9.88 Å². The topological polar surface area (TPSA) is 72.2 Å². The molecule has 2 aromatic carbocycles. The highest BCUT2D eigenvalue weighted by Gasteiger charge is 2.24. The molecule has 0 aliphatic carbocycles. The quantitative estimate of drug-likeness (QED) is 0.713. The van der Waals surface area contributed by atoms with Gasteiger partial charge in [0.05, 0.1) is 4.90 Å². The Morgan fingerprint density at radius 1 is 1.00 bits per heavy atom. The smallest absolute Gasteiger partial charge is 0.262 e. The molecule has 130 valence electrons. The number of sulfonamides is 1. The van der Waals surface area contributed by atoms with Crippen LogP contribution in [-0.2, 0) is 16.4 Å². The average molecular weight is 356 g/mol. The molecule has 0 amide bonds. The van der Waals surface area contributed by atoms with Crippen LogP contribution in [-0.4, -0.2) is 13.6 Å². The Kier molecular flexibility index (Phi) is 4.90. The Bertz CT molecular complexity index is 933. The summed E-state index contributed by atoms with van der Waals surface area (Å²) >= 11 is 0. The molecule has 3 aromatic rings. The zero-order valence-electron chi connectivity index (χ0n) is 14.1. The average Bonchev–Trinajstić information content (AvgIpc) is 2.98. The number of nitrogens with one attached hydrogen (secondary N) is 1. The lowest BCUT2D eigenvalue weighted by Crippen LogP contribution is -2.14. The van der Waals surface area contributed by atoms with Gasteiger partial charge in [-0.25, -0.2) is 8.42 Å². The van der Waals surface area contributed by atoms with Crippen molar-refractivity contribution in [2.24, 2.45) is 5.92 Å². The van der Waals surface area contributed by atoms with Crippen LogP contribution in [0, 0.1) is 5.92 Å². The summed E-state index contributed by atoms with van der Waals surface area (Å²) in [6, 6.07) is 17.6. The molecule has 0 saturated heterocycles. The largest absolute Gasteiger partial charge is 0.354 e. The highest BCUT2D eigenvalue weighted by Crippen LogP contribution is 2.34. The van der Waals surface area contributed by atoms with Gasteiger partial charge in [-0.2, -0.15) is 0 Å². The predicted molar refractivity (Wildman–Crippen MR) is 97.7 cm³/mol. The maximum Gasteiger partial charge on any atom is 0.262 e. The molecule has 0 fully saturated rings. The standard InChI is InChI=1S/C19H20N2O3S/c1-14(2)13-17-18(19(24-20-17)15-9-5-3-6-10-15)21-25(22,23)16-11-7-4-8-12-16/h3-12,14,21H,13H2,1-2H3. The number of anilines is 1. The third kappa shape index (κ3) is 3.91. The second-order valence-corrected chi connectivity index (χ2v) is 7.90. The van der Waals surface area contributed by atoms with E-state index < -0.39 is 10.0 Å². The molecule has 5 nitrogen and oxygen atoms in total. The number of nitrogens with zero attached hydrogens (tertiary/aromatic N) is 1. The zero-order valence-corrected chi connectivity index (χ0v) is 15.0. The summed E-state index contributed by atoms with van der Waals surface area (Å²) in [4.78, 5) is 0.200. The van der Waals surface area contributed by atoms with Crippen molar-refractivity contribution in [1.82, 2.24) is 5.16 Å². The summed E-state index contributed by atoms with van der Waals surface area (Å²) in [6.45, 7) is 4.10. The minimum absolute atomic E-state index is 0.200. The van der Waals surface area contributed by atoms with Crippen LogP contribution in [0.15, 0.2) is 70.1 Å². The lowest BCUT2D eigenvalue weighted by Gasteiger charge is -2.10. The van der Waals surface area contributed by atoms with Crippen molar-refractivity contribution >= 4 is 15.7 Å². The van der Waals surface area contributed by atoms with Gasteiger partial charge in [0, 0.05) is 5.56 Å². The van der Waals surface area contributed by atoms with Gasteiger partial charge in [-0.1, -0.05) is 67.5 Å². The molecule has 1 aromatic heterocycles. The molecule has 1 heterocycles. The molecule has 0 spiro atoms. The van der Waals surface area contributed by atoms with Gasteiger partial charge in [0.25, 0.3) is 10.0 Å². The summed E-state index contributed by atoms with van der Waals surface area (Å²) in [5.74, 6) is 0.740. The van der Waals surface area contributed by atoms with E-state index in [1.807, 2.05) is 44.2 Å². The van der Waals surface area contributed by atoms with Crippen LogP contribution in [0.25, 0.3) is 11.3 Å². The Balaban J connectivity index is 2.05. The monoisotopic (exact) mass is 356 g/mol. The van der Waals surface area contributed by atoms with Crippen LogP contribution in [0.2, 0.25) is 0 Å². The number of benzene rings is 2. The van der Waals surface area contributed by atoms with Gasteiger partial charge in [-0.05, 0) is 24.5 Å². The summed E-state index contributed by atoms with van der Waals surface area (Å²) in [5.41, 5.74) is 1.79. The molecule has 0 aliphatic rings. The maximum absolute atomic E-state index is 12.7. The van der Waals surface area contributed by atoms with Gasteiger partial charge < -0.3 is 4.52 Å². The third-order valence-corrected chi connectivity index (χ3v) is 5.06. The first-order chi connectivity index (χ1) is 12.0. The first kappa shape index (κ1) is 17.2. The van der Waals surface area contributed by atoms with Crippen molar-refractivity contribution in [1.29, 1.82) is 0 Å². The van der Waals surface area contributed by atoms with Crippen molar-refractivity contribution in [3.63, 3.8) is 0 Å². The van der Waals surface area contributed by atoms with E-state index in [0.29, 0.717) is 29.5 Å². The molecule has 0 saturated carbocycles. The van der Waals surface area contributed by atoms with Crippen molar-refractivity contribution in [2.75, 3.05) is 4.72 Å². The number of hydrogen-bond donors (Lipinski definition) is 1. The van der Waals surface area contributed by atoms with Crippen LogP contribution < -0.4 is 4.72 Å². The minimum atomic E-state index is -3.72. The molecular weight excluding hydrogens is 336 g/mol. The molecule has 0 radical (unpaired) electrons. The fraction of sp³-hybridized carbons (Fsp3) is 0.211. The van der Waals surface area contributed by atoms with Gasteiger partial charge >= 0.3 is 0 Å². The second-order valence-electron chi connectivity index (χ2n) is 6.22. The fourth-order valence-electron chi connectivity index (χ4n) is 2.53. The summed E-state index contributed by atoms with van der Waals surface area (Å²) in [7, 11) is -3.72. The van der Waals surface area contributed by atoms with Crippen molar-refractivity contribution in [3.05, 3.63) is 66.4 Å².